The predicted molar refractivity (Wildman–Crippen MR) is 92.9 cm³/mol. The number of nitrogens with one attached hydrogen (secondary N) is 1. The fourth-order valence-corrected chi connectivity index (χ4v) is 4.05. The third kappa shape index (κ3) is 2.64. The van der Waals surface area contributed by atoms with Gasteiger partial charge >= 0.3 is 0 Å². The Labute approximate surface area is 142 Å². The minimum atomic E-state index is -0.125. The van der Waals surface area contributed by atoms with E-state index in [1.54, 1.807) is 0 Å². The molecule has 0 bridgehead atoms. The summed E-state index contributed by atoms with van der Waals surface area (Å²) in [5.74, 6) is 1.22. The Morgan fingerprint density at radius 2 is 1.79 bits per heavy atom. The molecule has 0 aliphatic carbocycles. The molecule has 0 radical (unpaired) electrons. The molecule has 2 aliphatic heterocycles. The summed E-state index contributed by atoms with van der Waals surface area (Å²) in [7, 11) is 0. The average Bonchev–Trinajstić information content (AvgIpc) is 2.93. The standard InChI is InChI=1S/C19H22N4O/c1-14-12-20-18(21-13-14)23-9-7-19(8-10-23)16(11-17(24)22-19)15-5-3-2-4-6-15/h2-6,12-13,16H,7-11H2,1H3,(H,22,24)/t16-/m1/s1. The van der Waals surface area contributed by atoms with E-state index in [1.807, 2.05) is 25.4 Å². The van der Waals surface area contributed by atoms with Gasteiger partial charge in [0.25, 0.3) is 0 Å². The molecule has 1 amide bonds. The van der Waals surface area contributed by atoms with Crippen LogP contribution in [0.5, 0.6) is 0 Å². The fraction of sp³-hybridized carbons (Fsp3) is 0.421. The number of hydrogen-bond donors (Lipinski definition) is 1. The normalized spacial score (nSPS) is 22.6. The van der Waals surface area contributed by atoms with Crippen LogP contribution in [-0.4, -0.2) is 34.5 Å². The first kappa shape index (κ1) is 15.1. The first-order chi connectivity index (χ1) is 11.7. The largest absolute Gasteiger partial charge is 0.350 e. The van der Waals surface area contributed by atoms with E-state index in [2.05, 4.69) is 44.5 Å². The summed E-state index contributed by atoms with van der Waals surface area (Å²) in [6, 6.07) is 10.4. The minimum Gasteiger partial charge on any atom is -0.350 e. The Morgan fingerprint density at radius 3 is 2.46 bits per heavy atom. The summed E-state index contributed by atoms with van der Waals surface area (Å²) >= 11 is 0. The van der Waals surface area contributed by atoms with Gasteiger partial charge < -0.3 is 10.2 Å². The van der Waals surface area contributed by atoms with Gasteiger partial charge in [-0.3, -0.25) is 4.79 Å². The number of amides is 1. The number of aromatic nitrogens is 2. The number of carbonyl (C=O) groups excluding carboxylic acids is 1. The second-order valence-electron chi connectivity index (χ2n) is 6.92. The lowest BCUT2D eigenvalue weighted by Gasteiger charge is -2.43. The third-order valence-corrected chi connectivity index (χ3v) is 5.35. The van der Waals surface area contributed by atoms with Gasteiger partial charge in [-0.15, -0.1) is 0 Å². The molecule has 5 nitrogen and oxygen atoms in total. The van der Waals surface area contributed by atoms with Crippen LogP contribution in [0.2, 0.25) is 0 Å². The van der Waals surface area contributed by atoms with Crippen LogP contribution in [0.3, 0.4) is 0 Å². The molecular weight excluding hydrogens is 300 g/mol. The fourth-order valence-electron chi connectivity index (χ4n) is 4.05. The van der Waals surface area contributed by atoms with E-state index in [1.165, 1.54) is 5.56 Å². The molecular formula is C19H22N4O. The van der Waals surface area contributed by atoms with Gasteiger partial charge in [0, 0.05) is 37.8 Å². The summed E-state index contributed by atoms with van der Waals surface area (Å²) in [6.45, 7) is 3.73. The second-order valence-corrected chi connectivity index (χ2v) is 6.92. The molecule has 124 valence electrons. The van der Waals surface area contributed by atoms with Crippen molar-refractivity contribution < 1.29 is 4.79 Å². The summed E-state index contributed by atoms with van der Waals surface area (Å²) in [6.07, 6.45) is 6.16. The van der Waals surface area contributed by atoms with E-state index in [9.17, 15) is 4.79 Å². The van der Waals surface area contributed by atoms with E-state index in [0.717, 1.165) is 37.4 Å². The maximum absolute atomic E-state index is 12.1. The van der Waals surface area contributed by atoms with E-state index in [0.29, 0.717) is 6.42 Å². The molecule has 0 saturated carbocycles. The lowest BCUT2D eigenvalue weighted by atomic mass is 9.74. The van der Waals surface area contributed by atoms with Crippen molar-refractivity contribution in [3.05, 3.63) is 53.9 Å². The lowest BCUT2D eigenvalue weighted by molar-refractivity contribution is -0.119. The molecule has 3 heterocycles. The zero-order valence-corrected chi connectivity index (χ0v) is 13.9. The molecule has 1 aromatic carbocycles. The van der Waals surface area contributed by atoms with E-state index in [-0.39, 0.29) is 17.4 Å². The molecule has 4 rings (SSSR count). The van der Waals surface area contributed by atoms with Crippen molar-refractivity contribution in [2.24, 2.45) is 0 Å². The highest BCUT2D eigenvalue weighted by molar-refractivity contribution is 5.81. The SMILES string of the molecule is Cc1cnc(N2CCC3(CC2)NC(=O)C[C@@H]3c2ccccc2)nc1. The van der Waals surface area contributed by atoms with Gasteiger partial charge in [0.2, 0.25) is 11.9 Å². The van der Waals surface area contributed by atoms with Gasteiger partial charge in [-0.05, 0) is 30.9 Å². The van der Waals surface area contributed by atoms with Crippen LogP contribution in [0.4, 0.5) is 5.95 Å². The van der Waals surface area contributed by atoms with E-state index in [4.69, 9.17) is 0 Å². The topological polar surface area (TPSA) is 58.1 Å². The summed E-state index contributed by atoms with van der Waals surface area (Å²) in [5, 5.41) is 3.29. The van der Waals surface area contributed by atoms with Crippen LogP contribution in [0.25, 0.3) is 0 Å². The van der Waals surface area contributed by atoms with Crippen molar-refractivity contribution in [2.45, 2.75) is 37.6 Å². The first-order valence-electron chi connectivity index (χ1n) is 8.56. The quantitative estimate of drug-likeness (QED) is 0.922. The summed E-state index contributed by atoms with van der Waals surface area (Å²) in [5.41, 5.74) is 2.20. The van der Waals surface area contributed by atoms with Crippen molar-refractivity contribution >= 4 is 11.9 Å². The van der Waals surface area contributed by atoms with Crippen molar-refractivity contribution in [3.8, 4) is 0 Å². The number of carbonyl (C=O) groups is 1. The molecule has 1 atom stereocenters. The highest BCUT2D eigenvalue weighted by atomic mass is 16.2. The number of aryl methyl sites for hydroxylation is 1. The predicted octanol–water partition coefficient (Wildman–Crippen LogP) is 2.43. The van der Waals surface area contributed by atoms with Crippen LogP contribution >= 0.6 is 0 Å². The van der Waals surface area contributed by atoms with Crippen molar-refractivity contribution in [1.82, 2.24) is 15.3 Å². The number of hydrogen-bond acceptors (Lipinski definition) is 4. The maximum Gasteiger partial charge on any atom is 0.225 e. The number of piperidine rings is 1. The van der Waals surface area contributed by atoms with Gasteiger partial charge in [-0.1, -0.05) is 30.3 Å². The van der Waals surface area contributed by atoms with Gasteiger partial charge in [0.1, 0.15) is 0 Å². The second kappa shape index (κ2) is 5.89. The molecule has 0 unspecified atom stereocenters. The van der Waals surface area contributed by atoms with Gasteiger partial charge in [0.05, 0.1) is 5.54 Å². The highest BCUT2D eigenvalue weighted by Gasteiger charge is 2.48. The summed E-state index contributed by atoms with van der Waals surface area (Å²) < 4.78 is 0. The number of rotatable bonds is 2. The van der Waals surface area contributed by atoms with Crippen molar-refractivity contribution in [2.75, 3.05) is 18.0 Å². The Bertz CT molecular complexity index is 721. The Hall–Kier alpha value is -2.43. The lowest BCUT2D eigenvalue weighted by Crippen LogP contribution is -2.53. The molecule has 24 heavy (non-hydrogen) atoms. The maximum atomic E-state index is 12.1. The monoisotopic (exact) mass is 322 g/mol. The number of anilines is 1. The van der Waals surface area contributed by atoms with Crippen molar-refractivity contribution in [1.29, 1.82) is 0 Å². The zero-order chi connectivity index (χ0) is 16.6. The molecule has 1 aromatic heterocycles. The molecule has 2 saturated heterocycles. The number of benzene rings is 1. The molecule has 5 heteroatoms. The number of nitrogens with zero attached hydrogens (tertiary/aromatic N) is 3. The van der Waals surface area contributed by atoms with Crippen LogP contribution in [-0.2, 0) is 4.79 Å². The Balaban J connectivity index is 1.54. The first-order valence-corrected chi connectivity index (χ1v) is 8.56. The molecule has 1 spiro atoms. The van der Waals surface area contributed by atoms with E-state index >= 15 is 0 Å². The minimum absolute atomic E-state index is 0.125. The zero-order valence-electron chi connectivity index (χ0n) is 13.9. The van der Waals surface area contributed by atoms with Gasteiger partial charge in [-0.25, -0.2) is 9.97 Å². The van der Waals surface area contributed by atoms with Crippen LogP contribution in [0.15, 0.2) is 42.7 Å². The molecule has 1 N–H and O–H groups in total. The average molecular weight is 322 g/mol. The molecule has 2 aromatic rings. The smallest absolute Gasteiger partial charge is 0.225 e. The van der Waals surface area contributed by atoms with Gasteiger partial charge in [-0.2, -0.15) is 0 Å². The third-order valence-electron chi connectivity index (χ3n) is 5.35. The van der Waals surface area contributed by atoms with Crippen molar-refractivity contribution in [3.63, 3.8) is 0 Å². The van der Waals surface area contributed by atoms with Gasteiger partial charge in [0.15, 0.2) is 0 Å². The van der Waals surface area contributed by atoms with Crippen LogP contribution in [0, 0.1) is 6.92 Å². The summed E-state index contributed by atoms with van der Waals surface area (Å²) in [4.78, 5) is 23.2. The molecule has 2 fully saturated rings. The molecule has 2 aliphatic rings. The Kier molecular flexibility index (Phi) is 3.71. The van der Waals surface area contributed by atoms with Crippen LogP contribution < -0.4 is 10.2 Å². The van der Waals surface area contributed by atoms with Crippen LogP contribution in [0.1, 0.15) is 36.3 Å². The highest BCUT2D eigenvalue weighted by Crippen LogP contribution is 2.43. The van der Waals surface area contributed by atoms with E-state index < -0.39 is 0 Å². The Morgan fingerprint density at radius 1 is 1.12 bits per heavy atom.